The Morgan fingerprint density at radius 1 is 0.875 bits per heavy atom. The normalized spacial score (nSPS) is 53.6. The number of rotatable bonds is 4. The first-order valence-corrected chi connectivity index (χ1v) is 17.6. The number of hydrogen-bond donors (Lipinski definition) is 6. The van der Waals surface area contributed by atoms with E-state index >= 15 is 0 Å². The molecule has 12 nitrogen and oxygen atoms in total. The highest BCUT2D eigenvalue weighted by Gasteiger charge is 2.88. The minimum absolute atomic E-state index is 0.103. The molecule has 0 radical (unpaired) electrons. The highest BCUT2D eigenvalue weighted by Crippen LogP contribution is 2.78. The molecule has 6 N–H and O–H groups in total. The first kappa shape index (κ1) is 33.1. The van der Waals surface area contributed by atoms with Crippen molar-refractivity contribution in [3.8, 4) is 11.5 Å². The average Bonchev–Trinajstić information content (AvgIpc) is 3.21. The molecule has 3 saturated heterocycles. The summed E-state index contributed by atoms with van der Waals surface area (Å²) in [5.41, 5.74) is -9.49. The molecule has 5 unspecified atom stereocenters. The summed E-state index contributed by atoms with van der Waals surface area (Å²) in [6.45, 7) is 6.57. The van der Waals surface area contributed by atoms with Crippen LogP contribution in [0.2, 0.25) is 0 Å². The quantitative estimate of drug-likeness (QED) is 0.253. The molecule has 12 heteroatoms. The first-order valence-electron chi connectivity index (χ1n) is 17.6. The summed E-state index contributed by atoms with van der Waals surface area (Å²) in [6, 6.07) is 4.31. The van der Waals surface area contributed by atoms with Crippen molar-refractivity contribution in [1.29, 1.82) is 0 Å². The van der Waals surface area contributed by atoms with Crippen LogP contribution in [0.3, 0.4) is 0 Å². The fourth-order valence-electron chi connectivity index (χ4n) is 12.6. The van der Waals surface area contributed by atoms with Crippen molar-refractivity contribution in [2.75, 3.05) is 27.3 Å². The summed E-state index contributed by atoms with van der Waals surface area (Å²) >= 11 is 0. The van der Waals surface area contributed by atoms with Gasteiger partial charge in [0, 0.05) is 61.2 Å². The van der Waals surface area contributed by atoms with Gasteiger partial charge in [-0.25, -0.2) is 4.79 Å². The zero-order chi connectivity index (χ0) is 34.4. The standard InChI is InChI=1S/C36H51NO11/c1-19-6-9-26-31(3,40)35(43)25(17-37(26)16-19)33(42)18-34-24(32(33,41)15-27(35)38)8-7-23-30(34,2)11-10-28(36(23,44)48-34)47-29(39)20-12-21(45-4)14-22(13-20)46-5/h12-14,19,23-28,38,40-44H,6-11,15-18H2,1-5H3/t19-,23?,24-,25-,26-,27-,28-,30-,31+,32?,33?,34?,35?,36-/m0/s1. The fourth-order valence-corrected chi connectivity index (χ4v) is 12.6. The van der Waals surface area contributed by atoms with Crippen molar-refractivity contribution in [2.24, 2.45) is 29.1 Å². The average molecular weight is 674 g/mol. The van der Waals surface area contributed by atoms with Crippen molar-refractivity contribution in [2.45, 2.75) is 124 Å². The van der Waals surface area contributed by atoms with E-state index in [-0.39, 0.29) is 24.9 Å². The highest BCUT2D eigenvalue weighted by molar-refractivity contribution is 5.90. The lowest BCUT2D eigenvalue weighted by Crippen LogP contribution is -2.85. The molecule has 1 aromatic carbocycles. The van der Waals surface area contributed by atoms with Crippen molar-refractivity contribution in [3.05, 3.63) is 23.8 Å². The summed E-state index contributed by atoms with van der Waals surface area (Å²) in [6.07, 6.45) is 0.138. The van der Waals surface area contributed by atoms with Gasteiger partial charge in [0.1, 0.15) is 33.9 Å². The molecular formula is C36H51NO11. The van der Waals surface area contributed by atoms with Crippen molar-refractivity contribution >= 4 is 5.97 Å². The molecule has 4 saturated carbocycles. The molecule has 0 amide bonds. The molecule has 1 aromatic rings. The smallest absolute Gasteiger partial charge is 0.338 e. The lowest BCUT2D eigenvalue weighted by molar-refractivity contribution is -0.354. The lowest BCUT2D eigenvalue weighted by Gasteiger charge is -2.68. The van der Waals surface area contributed by atoms with Crippen LogP contribution in [-0.4, -0.2) is 121 Å². The summed E-state index contributed by atoms with van der Waals surface area (Å²) in [4.78, 5) is 15.6. The maximum absolute atomic E-state index is 13.5. The molecule has 7 fully saturated rings. The second-order valence-corrected chi connectivity index (χ2v) is 16.8. The Morgan fingerprint density at radius 2 is 1.54 bits per heavy atom. The number of carbonyl (C=O) groups is 1. The number of hydrogen-bond acceptors (Lipinski definition) is 12. The Kier molecular flexibility index (Phi) is 6.94. The zero-order valence-corrected chi connectivity index (χ0v) is 28.5. The molecule has 1 spiro atoms. The van der Waals surface area contributed by atoms with Crippen LogP contribution in [0.5, 0.6) is 11.5 Å². The van der Waals surface area contributed by atoms with Gasteiger partial charge < -0.3 is 49.6 Å². The first-order chi connectivity index (χ1) is 22.4. The maximum atomic E-state index is 13.5. The maximum Gasteiger partial charge on any atom is 0.338 e. The number of aliphatic hydroxyl groups is 6. The van der Waals surface area contributed by atoms with Gasteiger partial charge in [-0.05, 0) is 63.5 Å². The van der Waals surface area contributed by atoms with Gasteiger partial charge in [0.15, 0.2) is 6.10 Å². The molecule has 7 aliphatic rings. The lowest BCUT2D eigenvalue weighted by atomic mass is 9.49. The predicted molar refractivity (Wildman–Crippen MR) is 169 cm³/mol. The molecule has 14 atom stereocenters. The zero-order valence-electron chi connectivity index (χ0n) is 28.5. The number of aliphatic hydroxyl groups excluding tert-OH is 1. The van der Waals surface area contributed by atoms with Crippen LogP contribution in [0.25, 0.3) is 0 Å². The number of piperidine rings is 2. The van der Waals surface area contributed by atoms with Gasteiger partial charge in [0.05, 0.1) is 31.5 Å². The number of esters is 1. The topological polar surface area (TPSA) is 179 Å². The third-order valence-electron chi connectivity index (χ3n) is 14.9. The van der Waals surface area contributed by atoms with Crippen LogP contribution in [-0.2, 0) is 9.47 Å². The second kappa shape index (κ2) is 10.1. The number of methoxy groups -OCH3 is 2. The van der Waals surface area contributed by atoms with E-state index in [2.05, 4.69) is 11.8 Å². The molecule has 8 rings (SSSR count). The minimum atomic E-state index is -2.10. The Balaban J connectivity index is 1.17. The molecule has 266 valence electrons. The number of fused-ring (bicyclic) bond motifs is 5. The molecule has 3 aliphatic heterocycles. The van der Waals surface area contributed by atoms with E-state index in [0.717, 1.165) is 6.42 Å². The highest BCUT2D eigenvalue weighted by atomic mass is 16.7. The molecule has 0 aromatic heterocycles. The molecule has 4 aliphatic carbocycles. The van der Waals surface area contributed by atoms with Crippen molar-refractivity contribution in [3.63, 3.8) is 0 Å². The van der Waals surface area contributed by atoms with Crippen LogP contribution in [0.4, 0.5) is 0 Å². The third kappa shape index (κ3) is 3.71. The van der Waals surface area contributed by atoms with Crippen LogP contribution in [0, 0.1) is 29.1 Å². The van der Waals surface area contributed by atoms with Crippen molar-refractivity contribution < 1.29 is 54.4 Å². The monoisotopic (exact) mass is 673 g/mol. The van der Waals surface area contributed by atoms with Crippen molar-refractivity contribution in [1.82, 2.24) is 4.90 Å². The predicted octanol–water partition coefficient (Wildman–Crippen LogP) is 1.36. The molecule has 4 bridgehead atoms. The van der Waals surface area contributed by atoms with E-state index in [9.17, 15) is 35.4 Å². The Bertz CT molecular complexity index is 1500. The number of ether oxygens (including phenoxy) is 4. The van der Waals surface area contributed by atoms with Gasteiger partial charge in [0.2, 0.25) is 5.79 Å². The third-order valence-corrected chi connectivity index (χ3v) is 14.9. The largest absolute Gasteiger partial charge is 0.497 e. The molecule has 3 heterocycles. The second-order valence-electron chi connectivity index (χ2n) is 16.8. The van der Waals surface area contributed by atoms with Crippen LogP contribution in [0.1, 0.15) is 82.5 Å². The van der Waals surface area contributed by atoms with E-state index in [1.165, 1.54) is 26.4 Å². The Morgan fingerprint density at radius 3 is 2.21 bits per heavy atom. The Labute approximate surface area is 280 Å². The van der Waals surface area contributed by atoms with Gasteiger partial charge in [0.25, 0.3) is 0 Å². The molecule has 48 heavy (non-hydrogen) atoms. The number of carbonyl (C=O) groups excluding carboxylic acids is 1. The van der Waals surface area contributed by atoms with E-state index < -0.39 is 81.2 Å². The number of nitrogens with zero attached hydrogens (tertiary/aromatic N) is 1. The van der Waals surface area contributed by atoms with Crippen LogP contribution in [0.15, 0.2) is 18.2 Å². The van der Waals surface area contributed by atoms with Crippen LogP contribution >= 0.6 is 0 Å². The van der Waals surface area contributed by atoms with Gasteiger partial charge in [-0.2, -0.15) is 0 Å². The summed E-state index contributed by atoms with van der Waals surface area (Å²) in [5, 5.41) is 74.7. The minimum Gasteiger partial charge on any atom is -0.497 e. The van der Waals surface area contributed by atoms with Crippen LogP contribution < -0.4 is 9.47 Å². The van der Waals surface area contributed by atoms with Gasteiger partial charge >= 0.3 is 5.97 Å². The SMILES string of the molecule is COc1cc(OC)cc(C(=O)O[C@H]2CC[C@@]3(C)C4CC[C@H]5C6(O)C[C@H](O)C7(O)[C@@H](CN8C[C@@H](C)CC[C@H]8[C@@]7(C)O)C6(O)CC53O[C@@]42O)c1. The molecular weight excluding hydrogens is 622 g/mol. The summed E-state index contributed by atoms with van der Waals surface area (Å²) in [5.74, 6) is -3.66. The fraction of sp³-hybridized carbons (Fsp3) is 0.806. The number of benzene rings is 1. The summed E-state index contributed by atoms with van der Waals surface area (Å²) < 4.78 is 23.5. The Hall–Kier alpha value is -2.03. The van der Waals surface area contributed by atoms with E-state index in [0.29, 0.717) is 56.1 Å². The van der Waals surface area contributed by atoms with Gasteiger partial charge in [-0.3, -0.25) is 4.90 Å². The summed E-state index contributed by atoms with van der Waals surface area (Å²) in [7, 11) is 2.97. The van der Waals surface area contributed by atoms with E-state index in [4.69, 9.17) is 18.9 Å². The van der Waals surface area contributed by atoms with E-state index in [1.807, 2.05) is 6.92 Å². The van der Waals surface area contributed by atoms with E-state index in [1.54, 1.807) is 13.0 Å². The van der Waals surface area contributed by atoms with Gasteiger partial charge in [-0.1, -0.05) is 13.8 Å². The van der Waals surface area contributed by atoms with Gasteiger partial charge in [-0.15, -0.1) is 0 Å².